The Morgan fingerprint density at radius 3 is 2.58 bits per heavy atom. The van der Waals surface area contributed by atoms with Crippen LogP contribution in [-0.2, 0) is 11.3 Å². The number of nitrogens with zero attached hydrogens (tertiary/aromatic N) is 4. The van der Waals surface area contributed by atoms with Crippen molar-refractivity contribution in [1.82, 2.24) is 25.0 Å². The molecule has 3 saturated heterocycles. The molecule has 1 N–H and O–H groups in total. The molecule has 1 aromatic heterocycles. The first-order valence-electron chi connectivity index (χ1n) is 11.7. The molecule has 0 saturated carbocycles. The Morgan fingerprint density at radius 1 is 1.06 bits per heavy atom. The lowest BCUT2D eigenvalue weighted by molar-refractivity contribution is -0.135. The topological polar surface area (TPSA) is 85.8 Å². The number of aromatic nitrogens is 1. The number of imide groups is 1. The summed E-state index contributed by atoms with van der Waals surface area (Å²) in [7, 11) is 0. The monoisotopic (exact) mass is 447 g/mol. The second-order valence-corrected chi connectivity index (χ2v) is 9.24. The molecule has 0 bridgehead atoms. The van der Waals surface area contributed by atoms with Gasteiger partial charge in [0.15, 0.2) is 0 Å². The number of pyridine rings is 1. The van der Waals surface area contributed by atoms with Crippen LogP contribution in [0, 0.1) is 0 Å². The third kappa shape index (κ3) is 4.23. The van der Waals surface area contributed by atoms with Gasteiger partial charge in [-0.15, -0.1) is 0 Å². The average molecular weight is 448 g/mol. The maximum Gasteiger partial charge on any atom is 0.325 e. The highest BCUT2D eigenvalue weighted by Crippen LogP contribution is 2.33. The lowest BCUT2D eigenvalue weighted by Crippen LogP contribution is -2.56. The molecule has 4 amide bonds. The average Bonchev–Trinajstić information content (AvgIpc) is 3.10. The molecule has 1 aromatic carbocycles. The van der Waals surface area contributed by atoms with Crippen molar-refractivity contribution in [3.63, 3.8) is 0 Å². The van der Waals surface area contributed by atoms with Gasteiger partial charge >= 0.3 is 6.03 Å². The summed E-state index contributed by atoms with van der Waals surface area (Å²) in [6.07, 6.45) is 5.86. The zero-order valence-corrected chi connectivity index (χ0v) is 18.7. The summed E-state index contributed by atoms with van der Waals surface area (Å²) in [5.41, 5.74) is 0.954. The van der Waals surface area contributed by atoms with E-state index in [0.717, 1.165) is 26.1 Å². The molecule has 5 rings (SSSR count). The van der Waals surface area contributed by atoms with Gasteiger partial charge < -0.3 is 10.2 Å². The molecule has 8 heteroatoms. The number of urea groups is 1. The lowest BCUT2D eigenvalue weighted by Gasteiger charge is -2.39. The predicted molar refractivity (Wildman–Crippen MR) is 122 cm³/mol. The molecular weight excluding hydrogens is 418 g/mol. The summed E-state index contributed by atoms with van der Waals surface area (Å²) in [4.78, 5) is 48.8. The van der Waals surface area contributed by atoms with E-state index in [2.05, 4.69) is 27.3 Å². The van der Waals surface area contributed by atoms with Crippen molar-refractivity contribution in [3.05, 3.63) is 66.0 Å². The van der Waals surface area contributed by atoms with Gasteiger partial charge in [0.05, 0.1) is 11.6 Å². The molecule has 2 aromatic rings. The number of carbonyl (C=O) groups is 3. The molecule has 3 fully saturated rings. The minimum Gasteiger partial charge on any atom is -0.337 e. The molecule has 3 aliphatic rings. The standard InChI is InChI=1S/C25H29N5O3/c31-22(20-8-4-12-26-16-20)29-13-5-9-21(18-29)30-23(32)25(27-24(30)33)10-14-28(15-11-25)17-19-6-2-1-3-7-19/h1-4,6-8,12,16,21H,5,9-11,13-15,17-18H2,(H,27,33)/t21-/m1/s1. The molecule has 1 atom stereocenters. The summed E-state index contributed by atoms with van der Waals surface area (Å²) in [5, 5.41) is 3.02. The predicted octanol–water partition coefficient (Wildman–Crippen LogP) is 2.27. The minimum atomic E-state index is -0.820. The number of piperidine rings is 2. The Labute approximate surface area is 193 Å². The van der Waals surface area contributed by atoms with Gasteiger partial charge in [-0.25, -0.2) is 4.79 Å². The van der Waals surface area contributed by atoms with Gasteiger partial charge in [0.1, 0.15) is 5.54 Å². The maximum absolute atomic E-state index is 13.5. The number of hydrogen-bond donors (Lipinski definition) is 1. The van der Waals surface area contributed by atoms with Crippen LogP contribution < -0.4 is 5.32 Å². The number of likely N-dealkylation sites (tertiary alicyclic amines) is 2. The first-order valence-corrected chi connectivity index (χ1v) is 11.7. The zero-order chi connectivity index (χ0) is 22.8. The number of hydrogen-bond acceptors (Lipinski definition) is 5. The number of benzene rings is 1. The van der Waals surface area contributed by atoms with Crippen LogP contribution in [0.25, 0.3) is 0 Å². The summed E-state index contributed by atoms with van der Waals surface area (Å²) in [5.74, 6) is -0.240. The summed E-state index contributed by atoms with van der Waals surface area (Å²) < 4.78 is 0. The van der Waals surface area contributed by atoms with Gasteiger partial charge in [-0.05, 0) is 43.4 Å². The third-order valence-corrected chi connectivity index (χ3v) is 7.11. The van der Waals surface area contributed by atoms with Crippen molar-refractivity contribution in [1.29, 1.82) is 0 Å². The number of carbonyl (C=O) groups excluding carboxylic acids is 3. The minimum absolute atomic E-state index is 0.108. The Morgan fingerprint density at radius 2 is 1.85 bits per heavy atom. The van der Waals surface area contributed by atoms with E-state index in [9.17, 15) is 14.4 Å². The molecule has 3 aliphatic heterocycles. The highest BCUT2D eigenvalue weighted by Gasteiger charge is 2.54. The third-order valence-electron chi connectivity index (χ3n) is 7.11. The molecular formula is C25H29N5O3. The van der Waals surface area contributed by atoms with Gasteiger partial charge in [0.25, 0.3) is 11.8 Å². The van der Waals surface area contributed by atoms with Crippen molar-refractivity contribution >= 4 is 17.8 Å². The molecule has 0 aliphatic carbocycles. The summed E-state index contributed by atoms with van der Waals surface area (Å²) in [6.45, 7) is 3.34. The van der Waals surface area contributed by atoms with Gasteiger partial charge in [0.2, 0.25) is 0 Å². The summed E-state index contributed by atoms with van der Waals surface area (Å²) >= 11 is 0. The van der Waals surface area contributed by atoms with Crippen molar-refractivity contribution in [3.8, 4) is 0 Å². The lowest BCUT2D eigenvalue weighted by atomic mass is 9.87. The Bertz CT molecular complexity index is 1020. The number of nitrogens with one attached hydrogen (secondary N) is 1. The normalized spacial score (nSPS) is 23.1. The van der Waals surface area contributed by atoms with E-state index in [0.29, 0.717) is 37.9 Å². The highest BCUT2D eigenvalue weighted by atomic mass is 16.2. The fourth-order valence-electron chi connectivity index (χ4n) is 5.27. The Balaban J connectivity index is 1.24. The van der Waals surface area contributed by atoms with E-state index in [1.54, 1.807) is 29.4 Å². The van der Waals surface area contributed by atoms with Crippen LogP contribution in [0.3, 0.4) is 0 Å². The van der Waals surface area contributed by atoms with Gasteiger partial charge in [-0.3, -0.25) is 24.4 Å². The molecule has 0 radical (unpaired) electrons. The van der Waals surface area contributed by atoms with Crippen LogP contribution in [0.2, 0.25) is 0 Å². The van der Waals surface area contributed by atoms with Gasteiger partial charge in [-0.1, -0.05) is 30.3 Å². The van der Waals surface area contributed by atoms with Crippen LogP contribution in [0.15, 0.2) is 54.9 Å². The van der Waals surface area contributed by atoms with Gasteiger partial charge in [0, 0.05) is 45.1 Å². The second-order valence-electron chi connectivity index (χ2n) is 9.24. The van der Waals surface area contributed by atoms with E-state index in [-0.39, 0.29) is 23.9 Å². The molecule has 172 valence electrons. The highest BCUT2D eigenvalue weighted by molar-refractivity contribution is 6.07. The van der Waals surface area contributed by atoms with Crippen molar-refractivity contribution < 1.29 is 14.4 Å². The second kappa shape index (κ2) is 8.94. The molecule has 4 heterocycles. The fourth-order valence-corrected chi connectivity index (χ4v) is 5.27. The van der Waals surface area contributed by atoms with Crippen molar-refractivity contribution in [2.75, 3.05) is 26.2 Å². The largest absolute Gasteiger partial charge is 0.337 e. The van der Waals surface area contributed by atoms with E-state index in [1.807, 2.05) is 18.2 Å². The van der Waals surface area contributed by atoms with Crippen LogP contribution in [0.4, 0.5) is 4.79 Å². The number of amides is 4. The van der Waals surface area contributed by atoms with Crippen molar-refractivity contribution in [2.24, 2.45) is 0 Å². The first-order chi connectivity index (χ1) is 16.1. The van der Waals surface area contributed by atoms with Crippen molar-refractivity contribution in [2.45, 2.75) is 43.8 Å². The fraction of sp³-hybridized carbons (Fsp3) is 0.440. The van der Waals surface area contributed by atoms with E-state index in [1.165, 1.54) is 10.5 Å². The van der Waals surface area contributed by atoms with E-state index in [4.69, 9.17) is 0 Å². The first kappa shape index (κ1) is 21.6. The molecule has 8 nitrogen and oxygen atoms in total. The molecule has 1 spiro atoms. The van der Waals surface area contributed by atoms with E-state index >= 15 is 0 Å². The van der Waals surface area contributed by atoms with E-state index < -0.39 is 5.54 Å². The quantitative estimate of drug-likeness (QED) is 0.727. The Kier molecular flexibility index (Phi) is 5.85. The van der Waals surface area contributed by atoms with Crippen LogP contribution in [0.1, 0.15) is 41.6 Å². The zero-order valence-electron chi connectivity index (χ0n) is 18.7. The SMILES string of the molecule is O=C(c1cccnc1)N1CCC[C@@H](N2C(=O)NC3(CCN(Cc4ccccc4)CC3)C2=O)C1. The number of rotatable bonds is 4. The smallest absolute Gasteiger partial charge is 0.325 e. The van der Waals surface area contributed by atoms with Crippen LogP contribution >= 0.6 is 0 Å². The summed E-state index contributed by atoms with van der Waals surface area (Å²) in [6, 6.07) is 13.1. The van der Waals surface area contributed by atoms with Crippen LogP contribution in [-0.4, -0.2) is 75.3 Å². The van der Waals surface area contributed by atoms with Gasteiger partial charge in [-0.2, -0.15) is 0 Å². The molecule has 0 unspecified atom stereocenters. The molecule has 33 heavy (non-hydrogen) atoms. The van der Waals surface area contributed by atoms with Crippen LogP contribution in [0.5, 0.6) is 0 Å². The maximum atomic E-state index is 13.5. The Hall–Kier alpha value is -3.26.